The quantitative estimate of drug-likeness (QED) is 0.407. The van der Waals surface area contributed by atoms with E-state index in [1.54, 1.807) is 0 Å². The number of carbonyl (C=O) groups excluding carboxylic acids is 2. The summed E-state index contributed by atoms with van der Waals surface area (Å²) in [7, 11) is -3.79. The van der Waals surface area contributed by atoms with Gasteiger partial charge in [0.1, 0.15) is 6.10 Å². The van der Waals surface area contributed by atoms with Gasteiger partial charge in [0, 0.05) is 6.42 Å². The molecule has 0 aromatic carbocycles. The van der Waals surface area contributed by atoms with Crippen LogP contribution >= 0.6 is 0 Å². The normalized spacial score (nSPS) is 20.8. The highest BCUT2D eigenvalue weighted by molar-refractivity contribution is 7.92. The fourth-order valence-corrected chi connectivity index (χ4v) is 5.00. The van der Waals surface area contributed by atoms with E-state index >= 15 is 0 Å². The number of ether oxygens (including phenoxy) is 2. The molecule has 0 unspecified atom stereocenters. The van der Waals surface area contributed by atoms with Gasteiger partial charge in [-0.1, -0.05) is 26.7 Å². The van der Waals surface area contributed by atoms with Crippen LogP contribution in [0.4, 0.5) is 0 Å². The summed E-state index contributed by atoms with van der Waals surface area (Å²) in [5, 5.41) is -0.655. The van der Waals surface area contributed by atoms with E-state index in [0.29, 0.717) is 38.7 Å². The molecule has 0 radical (unpaired) electrons. The summed E-state index contributed by atoms with van der Waals surface area (Å²) in [6, 6.07) is 0. The largest absolute Gasteiger partial charge is 0.458 e. The van der Waals surface area contributed by atoms with Gasteiger partial charge in [-0.3, -0.25) is 4.79 Å². The number of sulfone groups is 1. The van der Waals surface area contributed by atoms with E-state index in [2.05, 4.69) is 0 Å². The Morgan fingerprint density at radius 3 is 2.29 bits per heavy atom. The second kappa shape index (κ2) is 8.77. The van der Waals surface area contributed by atoms with E-state index < -0.39 is 44.4 Å². The third-order valence-electron chi connectivity index (χ3n) is 4.12. The number of hydrogen-bond donors (Lipinski definition) is 2. The Labute approximate surface area is 143 Å². The first kappa shape index (κ1) is 20.9. The lowest BCUT2D eigenvalue weighted by molar-refractivity contribution is -0.157. The minimum atomic E-state index is -3.79. The lowest BCUT2D eigenvalue weighted by Crippen LogP contribution is -2.64. The Balaban J connectivity index is 2.96. The average molecular weight is 364 g/mol. The average Bonchev–Trinajstić information content (AvgIpc) is 2.99. The van der Waals surface area contributed by atoms with Crippen LogP contribution in [0.25, 0.3) is 0 Å². The van der Waals surface area contributed by atoms with Crippen molar-refractivity contribution in [2.75, 3.05) is 19.0 Å². The summed E-state index contributed by atoms with van der Waals surface area (Å²) in [6.45, 7) is 4.37. The van der Waals surface area contributed by atoms with Gasteiger partial charge in [0.05, 0.1) is 24.2 Å². The highest BCUT2D eigenvalue weighted by atomic mass is 32.2. The van der Waals surface area contributed by atoms with Crippen LogP contribution in [0.3, 0.4) is 0 Å². The molecule has 140 valence electrons. The number of esters is 1. The van der Waals surface area contributed by atoms with Crippen LogP contribution in [0.2, 0.25) is 0 Å². The first-order chi connectivity index (χ1) is 11.2. The van der Waals surface area contributed by atoms with Gasteiger partial charge >= 0.3 is 5.97 Å². The molecule has 24 heavy (non-hydrogen) atoms. The van der Waals surface area contributed by atoms with Crippen molar-refractivity contribution < 1.29 is 27.5 Å². The van der Waals surface area contributed by atoms with Crippen molar-refractivity contribution in [1.29, 1.82) is 0 Å². The first-order valence-electron chi connectivity index (χ1n) is 8.26. The fourth-order valence-electron chi connectivity index (χ4n) is 2.68. The molecule has 0 bridgehead atoms. The predicted octanol–water partition coefficient (Wildman–Crippen LogP) is -0.115. The van der Waals surface area contributed by atoms with Gasteiger partial charge in [-0.2, -0.15) is 0 Å². The topological polar surface area (TPSA) is 139 Å². The molecular weight excluding hydrogens is 336 g/mol. The van der Waals surface area contributed by atoms with E-state index in [1.807, 2.05) is 13.8 Å². The summed E-state index contributed by atoms with van der Waals surface area (Å²) >= 11 is 0. The Morgan fingerprint density at radius 1 is 1.29 bits per heavy atom. The maximum absolute atomic E-state index is 12.7. The molecule has 1 aliphatic rings. The molecule has 1 fully saturated rings. The van der Waals surface area contributed by atoms with Gasteiger partial charge in [0.25, 0.3) is 0 Å². The molecule has 9 heteroatoms. The number of amides is 1. The molecule has 1 heterocycles. The number of nitrogens with two attached hydrogens (primary N) is 2. The van der Waals surface area contributed by atoms with E-state index in [9.17, 15) is 18.0 Å². The van der Waals surface area contributed by atoms with Crippen LogP contribution in [0.5, 0.6) is 0 Å². The standard InChI is InChI=1S/C15H28N2O6S/c1-3-5-12(6-4-2)24(20,21)10-15(17,13(16)18)14(19)23-11-7-8-22-9-11/h11-12H,3-10,17H2,1-2H3,(H2,16,18)/t11-,15+/m1/s1. The lowest BCUT2D eigenvalue weighted by atomic mass is 10.0. The van der Waals surface area contributed by atoms with Crippen molar-refractivity contribution in [2.45, 2.75) is 62.8 Å². The van der Waals surface area contributed by atoms with Crippen molar-refractivity contribution in [2.24, 2.45) is 11.5 Å². The number of primary amides is 1. The van der Waals surface area contributed by atoms with E-state index in [-0.39, 0.29) is 6.61 Å². The van der Waals surface area contributed by atoms with Crippen LogP contribution in [0.15, 0.2) is 0 Å². The fraction of sp³-hybridized carbons (Fsp3) is 0.867. The number of rotatable bonds is 10. The van der Waals surface area contributed by atoms with Gasteiger partial charge in [0.15, 0.2) is 9.84 Å². The molecule has 0 aromatic heterocycles. The highest BCUT2D eigenvalue weighted by Gasteiger charge is 2.48. The molecule has 4 N–H and O–H groups in total. The van der Waals surface area contributed by atoms with Gasteiger partial charge in [0.2, 0.25) is 11.4 Å². The molecule has 1 amide bonds. The van der Waals surface area contributed by atoms with Crippen LogP contribution in [-0.4, -0.2) is 56.2 Å². The molecule has 1 rings (SSSR count). The summed E-state index contributed by atoms with van der Waals surface area (Å²) in [4.78, 5) is 24.1. The predicted molar refractivity (Wildman–Crippen MR) is 88.8 cm³/mol. The van der Waals surface area contributed by atoms with Crippen molar-refractivity contribution in [3.8, 4) is 0 Å². The number of carbonyl (C=O) groups is 2. The summed E-state index contributed by atoms with van der Waals surface area (Å²) in [5.41, 5.74) is 8.66. The van der Waals surface area contributed by atoms with Crippen LogP contribution < -0.4 is 11.5 Å². The molecule has 0 aliphatic carbocycles. The molecule has 0 aromatic rings. The van der Waals surface area contributed by atoms with E-state index in [0.717, 1.165) is 0 Å². The maximum atomic E-state index is 12.7. The molecule has 8 nitrogen and oxygen atoms in total. The van der Waals surface area contributed by atoms with E-state index in [1.165, 1.54) is 0 Å². The van der Waals surface area contributed by atoms with Crippen LogP contribution in [0, 0.1) is 0 Å². The van der Waals surface area contributed by atoms with Crippen LogP contribution in [0.1, 0.15) is 46.0 Å². The third kappa shape index (κ3) is 5.15. The minimum absolute atomic E-state index is 0.196. The van der Waals surface area contributed by atoms with Gasteiger partial charge in [-0.15, -0.1) is 0 Å². The molecular formula is C15H28N2O6S. The van der Waals surface area contributed by atoms with E-state index in [4.69, 9.17) is 20.9 Å². The molecule has 1 aliphatic heterocycles. The molecule has 0 saturated carbocycles. The zero-order valence-corrected chi connectivity index (χ0v) is 15.1. The Hall–Kier alpha value is -1.19. The lowest BCUT2D eigenvalue weighted by Gasteiger charge is -2.27. The van der Waals surface area contributed by atoms with Crippen molar-refractivity contribution >= 4 is 21.7 Å². The summed E-state index contributed by atoms with van der Waals surface area (Å²) in [5.74, 6) is -3.16. The summed E-state index contributed by atoms with van der Waals surface area (Å²) in [6.07, 6.45) is 2.16. The second-order valence-electron chi connectivity index (χ2n) is 6.23. The van der Waals surface area contributed by atoms with Gasteiger partial charge in [-0.05, 0) is 12.8 Å². The van der Waals surface area contributed by atoms with Crippen molar-refractivity contribution in [3.63, 3.8) is 0 Å². The first-order valence-corrected chi connectivity index (χ1v) is 9.98. The maximum Gasteiger partial charge on any atom is 0.337 e. The molecule has 1 saturated heterocycles. The monoisotopic (exact) mass is 364 g/mol. The highest BCUT2D eigenvalue weighted by Crippen LogP contribution is 2.21. The van der Waals surface area contributed by atoms with Gasteiger partial charge in [-0.25, -0.2) is 13.2 Å². The zero-order valence-electron chi connectivity index (χ0n) is 14.3. The molecule has 2 atom stereocenters. The van der Waals surface area contributed by atoms with Crippen molar-refractivity contribution in [1.82, 2.24) is 0 Å². The van der Waals surface area contributed by atoms with Crippen LogP contribution in [-0.2, 0) is 28.9 Å². The Kier molecular flexibility index (Phi) is 7.62. The van der Waals surface area contributed by atoms with Gasteiger partial charge < -0.3 is 20.9 Å². The minimum Gasteiger partial charge on any atom is -0.458 e. The SMILES string of the molecule is CCCC(CCC)S(=O)(=O)C[C@](N)(C(N)=O)C(=O)O[C@@H]1CCOC1. The molecule has 0 spiro atoms. The number of hydrogen-bond acceptors (Lipinski definition) is 7. The zero-order chi connectivity index (χ0) is 18.4. The Morgan fingerprint density at radius 2 is 1.88 bits per heavy atom. The second-order valence-corrected chi connectivity index (χ2v) is 8.51. The third-order valence-corrected chi connectivity index (χ3v) is 6.47. The van der Waals surface area contributed by atoms with Crippen molar-refractivity contribution in [3.05, 3.63) is 0 Å². The Bertz CT molecular complexity index is 538. The smallest absolute Gasteiger partial charge is 0.337 e. The summed E-state index contributed by atoms with van der Waals surface area (Å²) < 4.78 is 35.5.